The third-order valence-electron chi connectivity index (χ3n) is 4.47. The van der Waals surface area contributed by atoms with Crippen molar-refractivity contribution in [3.05, 3.63) is 52.2 Å². The van der Waals surface area contributed by atoms with Crippen LogP contribution in [0.4, 0.5) is 0 Å². The van der Waals surface area contributed by atoms with Crippen molar-refractivity contribution in [3.63, 3.8) is 0 Å². The number of rotatable bonds is 8. The maximum absolute atomic E-state index is 5.91. The van der Waals surface area contributed by atoms with Gasteiger partial charge in [0.1, 0.15) is 5.76 Å². The molecule has 0 amide bonds. The van der Waals surface area contributed by atoms with Gasteiger partial charge in [-0.25, -0.2) is 0 Å². The van der Waals surface area contributed by atoms with Gasteiger partial charge in [0.05, 0.1) is 5.69 Å². The summed E-state index contributed by atoms with van der Waals surface area (Å²) in [6.45, 7) is 5.33. The average molecular weight is 545 g/mol. The predicted octanol–water partition coefficient (Wildman–Crippen LogP) is 4.03. The second-order valence-corrected chi connectivity index (χ2v) is 6.80. The van der Waals surface area contributed by atoms with Gasteiger partial charge in [0.15, 0.2) is 5.96 Å². The van der Waals surface area contributed by atoms with Crippen LogP contribution in [0.1, 0.15) is 36.8 Å². The van der Waals surface area contributed by atoms with Crippen molar-refractivity contribution in [2.24, 2.45) is 4.99 Å². The molecule has 0 saturated heterocycles. The van der Waals surface area contributed by atoms with Crippen LogP contribution in [0.5, 0.6) is 0 Å². The lowest BCUT2D eigenvalue weighted by Gasteiger charge is -2.11. The van der Waals surface area contributed by atoms with E-state index in [0.29, 0.717) is 42.2 Å². The van der Waals surface area contributed by atoms with E-state index < -0.39 is 0 Å². The lowest BCUT2D eigenvalue weighted by atomic mass is 10.1. The van der Waals surface area contributed by atoms with Gasteiger partial charge in [-0.1, -0.05) is 35.8 Å². The number of aromatic nitrogens is 3. The van der Waals surface area contributed by atoms with Gasteiger partial charge in [0.2, 0.25) is 11.7 Å². The molecule has 0 spiro atoms. The molecule has 2 heterocycles. The van der Waals surface area contributed by atoms with E-state index in [4.69, 9.17) is 20.6 Å². The van der Waals surface area contributed by atoms with Gasteiger partial charge in [0.25, 0.3) is 0 Å². The number of benzene rings is 1. The molecule has 0 radical (unpaired) electrons. The number of aliphatic imine (C=N–C) groups is 1. The number of nitrogens with zero attached hydrogens (tertiary/aromatic N) is 4. The van der Waals surface area contributed by atoms with Crippen LogP contribution in [0.15, 0.2) is 38.3 Å². The summed E-state index contributed by atoms with van der Waals surface area (Å²) >= 11 is 5.91. The Hall–Kier alpha value is -2.14. The molecule has 0 saturated carbocycles. The lowest BCUT2D eigenvalue weighted by Crippen LogP contribution is -2.38. The van der Waals surface area contributed by atoms with Crippen molar-refractivity contribution in [1.29, 1.82) is 0 Å². The Morgan fingerprint density at radius 3 is 2.50 bits per heavy atom. The second-order valence-electron chi connectivity index (χ2n) is 6.36. The molecule has 0 bridgehead atoms. The van der Waals surface area contributed by atoms with Crippen LogP contribution in [-0.4, -0.2) is 34.8 Å². The first-order valence-electron chi connectivity index (χ1n) is 9.63. The smallest absolute Gasteiger partial charge is 0.228 e. The third-order valence-corrected chi connectivity index (χ3v) is 4.72. The fraction of sp³-hybridized carbons (Fsp3) is 0.400. The van der Waals surface area contributed by atoms with Crippen molar-refractivity contribution in [3.8, 4) is 11.4 Å². The highest BCUT2D eigenvalue weighted by Crippen LogP contribution is 2.18. The first-order valence-corrected chi connectivity index (χ1v) is 10.0. The molecule has 3 aromatic rings. The maximum Gasteiger partial charge on any atom is 0.228 e. The van der Waals surface area contributed by atoms with Gasteiger partial charge in [-0.15, -0.1) is 24.0 Å². The van der Waals surface area contributed by atoms with Crippen LogP contribution < -0.4 is 10.6 Å². The normalized spacial score (nSPS) is 11.3. The zero-order valence-electron chi connectivity index (χ0n) is 17.2. The van der Waals surface area contributed by atoms with E-state index in [2.05, 4.69) is 44.8 Å². The number of hydrogen-bond acceptors (Lipinski definition) is 6. The molecule has 1 aromatic carbocycles. The summed E-state index contributed by atoms with van der Waals surface area (Å²) < 4.78 is 10.7. The highest BCUT2D eigenvalue weighted by atomic mass is 127. The van der Waals surface area contributed by atoms with Crippen molar-refractivity contribution >= 4 is 41.5 Å². The molecule has 2 aromatic heterocycles. The zero-order chi connectivity index (χ0) is 20.6. The molecule has 30 heavy (non-hydrogen) atoms. The molecule has 0 aliphatic rings. The van der Waals surface area contributed by atoms with E-state index in [1.165, 1.54) is 0 Å². The average Bonchev–Trinajstić information content (AvgIpc) is 3.37. The SMILES string of the molecule is CCc1noc(CC)c1CNC(=NC)NCCc1nc(-c2ccc(Cl)cc2)no1.I. The highest BCUT2D eigenvalue weighted by molar-refractivity contribution is 14.0. The van der Waals surface area contributed by atoms with Crippen LogP contribution in [0.25, 0.3) is 11.4 Å². The van der Waals surface area contributed by atoms with E-state index in [9.17, 15) is 0 Å². The molecule has 8 nitrogen and oxygen atoms in total. The molecule has 162 valence electrons. The largest absolute Gasteiger partial charge is 0.361 e. The summed E-state index contributed by atoms with van der Waals surface area (Å²) in [5.41, 5.74) is 2.94. The molecule has 0 aliphatic heterocycles. The van der Waals surface area contributed by atoms with Crippen molar-refractivity contribution in [2.75, 3.05) is 13.6 Å². The Morgan fingerprint density at radius 2 is 1.83 bits per heavy atom. The maximum atomic E-state index is 5.91. The van der Waals surface area contributed by atoms with Gasteiger partial charge in [-0.2, -0.15) is 4.98 Å². The Bertz CT molecular complexity index is 933. The summed E-state index contributed by atoms with van der Waals surface area (Å²) in [7, 11) is 1.73. The van der Waals surface area contributed by atoms with E-state index >= 15 is 0 Å². The Balaban J connectivity index is 0.00000320. The van der Waals surface area contributed by atoms with Crippen molar-refractivity contribution in [1.82, 2.24) is 25.9 Å². The first kappa shape index (κ1) is 24.1. The van der Waals surface area contributed by atoms with Crippen LogP contribution in [0.2, 0.25) is 5.02 Å². The highest BCUT2D eigenvalue weighted by Gasteiger charge is 2.14. The first-order chi connectivity index (χ1) is 14.1. The predicted molar refractivity (Wildman–Crippen MR) is 127 cm³/mol. The van der Waals surface area contributed by atoms with E-state index in [1.807, 2.05) is 12.1 Å². The van der Waals surface area contributed by atoms with Gasteiger partial charge in [0, 0.05) is 49.1 Å². The molecule has 0 unspecified atom stereocenters. The molecule has 10 heteroatoms. The van der Waals surface area contributed by atoms with Crippen LogP contribution in [0.3, 0.4) is 0 Å². The van der Waals surface area contributed by atoms with Crippen LogP contribution in [-0.2, 0) is 25.8 Å². The number of halogens is 2. The molecule has 0 fully saturated rings. The number of aryl methyl sites for hydroxylation is 2. The Labute approximate surface area is 197 Å². The Morgan fingerprint density at radius 1 is 1.07 bits per heavy atom. The summed E-state index contributed by atoms with van der Waals surface area (Å²) in [6.07, 6.45) is 2.22. The number of hydrogen-bond donors (Lipinski definition) is 2. The minimum Gasteiger partial charge on any atom is -0.361 e. The van der Waals surface area contributed by atoms with Crippen molar-refractivity contribution in [2.45, 2.75) is 39.7 Å². The summed E-state index contributed by atoms with van der Waals surface area (Å²) in [5.74, 6) is 2.70. The van der Waals surface area contributed by atoms with Gasteiger partial charge in [-0.05, 0) is 30.7 Å². The number of nitrogens with one attached hydrogen (secondary N) is 2. The topological polar surface area (TPSA) is 101 Å². The van der Waals surface area contributed by atoms with E-state index in [1.54, 1.807) is 19.2 Å². The summed E-state index contributed by atoms with van der Waals surface area (Å²) in [4.78, 5) is 8.68. The molecule has 0 atom stereocenters. The van der Waals surface area contributed by atoms with Gasteiger partial charge >= 0.3 is 0 Å². The molecule has 2 N–H and O–H groups in total. The second kappa shape index (κ2) is 11.9. The Kier molecular flexibility index (Phi) is 9.57. The minimum absolute atomic E-state index is 0. The van der Waals surface area contributed by atoms with Crippen LogP contribution >= 0.6 is 35.6 Å². The molecular formula is C20H26ClIN6O2. The molecule has 0 aliphatic carbocycles. The monoisotopic (exact) mass is 544 g/mol. The van der Waals surface area contributed by atoms with Gasteiger partial charge < -0.3 is 19.7 Å². The summed E-state index contributed by atoms with van der Waals surface area (Å²) in [6, 6.07) is 7.32. The van der Waals surface area contributed by atoms with E-state index in [-0.39, 0.29) is 24.0 Å². The van der Waals surface area contributed by atoms with Gasteiger partial charge in [-0.3, -0.25) is 4.99 Å². The quantitative estimate of drug-likeness (QED) is 0.251. The minimum atomic E-state index is 0. The van der Waals surface area contributed by atoms with Crippen LogP contribution in [0, 0.1) is 0 Å². The standard InChI is InChI=1S/C20H25ClN6O2.HI/c1-4-16-15(17(5-2)28-26-16)12-24-20(22-3)23-11-10-18-25-19(27-29-18)13-6-8-14(21)9-7-13;/h6-9H,4-5,10-12H2,1-3H3,(H2,22,23,24);1H. The third kappa shape index (κ3) is 6.18. The molecular weight excluding hydrogens is 519 g/mol. The molecule has 3 rings (SSSR count). The number of guanidine groups is 1. The fourth-order valence-corrected chi connectivity index (χ4v) is 3.02. The zero-order valence-corrected chi connectivity index (χ0v) is 20.3. The van der Waals surface area contributed by atoms with E-state index in [0.717, 1.165) is 35.4 Å². The summed E-state index contributed by atoms with van der Waals surface area (Å²) in [5, 5.41) is 15.4. The van der Waals surface area contributed by atoms with Crippen molar-refractivity contribution < 1.29 is 9.05 Å². The lowest BCUT2D eigenvalue weighted by molar-refractivity contribution is 0.378. The fourth-order valence-electron chi connectivity index (χ4n) is 2.89.